The van der Waals surface area contributed by atoms with E-state index in [1.54, 1.807) is 14.2 Å². The molecule has 0 fully saturated rings. The van der Waals surface area contributed by atoms with E-state index in [1.807, 2.05) is 61.5 Å². The van der Waals surface area contributed by atoms with E-state index in [0.717, 1.165) is 33.9 Å². The molecular formula is C22H22N2O4. The van der Waals surface area contributed by atoms with Gasteiger partial charge >= 0.3 is 6.09 Å². The molecule has 6 nitrogen and oxygen atoms in total. The summed E-state index contributed by atoms with van der Waals surface area (Å²) in [5.74, 6) is 1.53. The number of nitrogens with zero attached hydrogens (tertiary/aromatic N) is 1. The molecule has 28 heavy (non-hydrogen) atoms. The Bertz CT molecular complexity index is 967. The monoisotopic (exact) mass is 378 g/mol. The van der Waals surface area contributed by atoms with Crippen LogP contribution in [0.5, 0.6) is 11.5 Å². The molecule has 0 saturated heterocycles. The average molecular weight is 378 g/mol. The molecule has 0 saturated carbocycles. The second kappa shape index (κ2) is 8.43. The maximum Gasteiger partial charge on any atom is 0.411 e. The minimum Gasteiger partial charge on any atom is -0.497 e. The number of carbonyl (C=O) groups excluding carboxylic acids is 1. The van der Waals surface area contributed by atoms with Crippen LogP contribution in [0.3, 0.4) is 0 Å². The molecule has 2 aromatic carbocycles. The van der Waals surface area contributed by atoms with Gasteiger partial charge in [-0.15, -0.1) is 0 Å². The van der Waals surface area contributed by atoms with E-state index < -0.39 is 6.09 Å². The van der Waals surface area contributed by atoms with Crippen molar-refractivity contribution in [2.45, 2.75) is 6.92 Å². The molecule has 0 aliphatic carbocycles. The van der Waals surface area contributed by atoms with Crippen molar-refractivity contribution >= 4 is 11.8 Å². The third kappa shape index (κ3) is 4.06. The number of hydrogen-bond donors (Lipinski definition) is 1. The molecule has 0 atom stereocenters. The summed E-state index contributed by atoms with van der Waals surface area (Å²) in [4.78, 5) is 16.5. The summed E-state index contributed by atoms with van der Waals surface area (Å²) in [6.07, 6.45) is -0.545. The molecule has 1 aromatic heterocycles. The average Bonchev–Trinajstić information content (AvgIpc) is 2.75. The molecule has 0 aliphatic rings. The number of hydrogen-bond acceptors (Lipinski definition) is 5. The Morgan fingerprint density at radius 1 is 0.857 bits per heavy atom. The van der Waals surface area contributed by atoms with Crippen LogP contribution in [0.2, 0.25) is 0 Å². The number of pyridine rings is 1. The number of aryl methyl sites for hydroxylation is 1. The Labute approximate surface area is 164 Å². The van der Waals surface area contributed by atoms with Crippen LogP contribution in [0.1, 0.15) is 5.69 Å². The number of ether oxygens (including phenoxy) is 3. The lowest BCUT2D eigenvalue weighted by molar-refractivity contribution is 0.187. The number of anilines is 1. The third-order valence-electron chi connectivity index (χ3n) is 4.40. The van der Waals surface area contributed by atoms with Crippen molar-refractivity contribution in [2.75, 3.05) is 26.6 Å². The molecule has 0 bridgehead atoms. The molecule has 6 heteroatoms. The van der Waals surface area contributed by atoms with E-state index in [1.165, 1.54) is 7.11 Å². The number of methoxy groups -OCH3 is 3. The first-order valence-electron chi connectivity index (χ1n) is 8.71. The molecule has 0 spiro atoms. The summed E-state index contributed by atoms with van der Waals surface area (Å²) in [6, 6.07) is 17.3. The highest BCUT2D eigenvalue weighted by atomic mass is 16.5. The zero-order chi connectivity index (χ0) is 20.1. The fraction of sp³-hybridized carbons (Fsp3) is 0.182. The second-order valence-electron chi connectivity index (χ2n) is 6.09. The van der Waals surface area contributed by atoms with Gasteiger partial charge in [0.2, 0.25) is 0 Å². The SMILES string of the molecule is COC(=O)Nc1c(-c2ccc(OC)cc2)cc(-c2ccc(OC)cc2)nc1C. The first-order valence-corrected chi connectivity index (χ1v) is 8.71. The quantitative estimate of drug-likeness (QED) is 0.682. The molecular weight excluding hydrogens is 356 g/mol. The minimum absolute atomic E-state index is 0.545. The lowest BCUT2D eigenvalue weighted by Gasteiger charge is -2.16. The second-order valence-corrected chi connectivity index (χ2v) is 6.09. The van der Waals surface area contributed by atoms with Gasteiger partial charge in [-0.1, -0.05) is 12.1 Å². The maximum atomic E-state index is 11.8. The Hall–Kier alpha value is -3.54. The zero-order valence-electron chi connectivity index (χ0n) is 16.3. The van der Waals surface area contributed by atoms with E-state index in [2.05, 4.69) is 10.3 Å². The van der Waals surface area contributed by atoms with Gasteiger partial charge in [-0.05, 0) is 55.0 Å². The fourth-order valence-electron chi connectivity index (χ4n) is 2.89. The summed E-state index contributed by atoms with van der Waals surface area (Å²) in [5.41, 5.74) is 4.79. The predicted octanol–water partition coefficient (Wildman–Crippen LogP) is 4.92. The van der Waals surface area contributed by atoms with Crippen molar-refractivity contribution in [1.82, 2.24) is 4.98 Å². The predicted molar refractivity (Wildman–Crippen MR) is 109 cm³/mol. The van der Waals surface area contributed by atoms with Crippen LogP contribution in [0.4, 0.5) is 10.5 Å². The topological polar surface area (TPSA) is 69.7 Å². The molecule has 0 radical (unpaired) electrons. The Kier molecular flexibility index (Phi) is 5.79. The summed E-state index contributed by atoms with van der Waals surface area (Å²) >= 11 is 0. The summed E-state index contributed by atoms with van der Waals surface area (Å²) in [7, 11) is 4.58. The van der Waals surface area contributed by atoms with Crippen LogP contribution < -0.4 is 14.8 Å². The first kappa shape index (κ1) is 19.2. The minimum atomic E-state index is -0.545. The highest BCUT2D eigenvalue weighted by Crippen LogP contribution is 2.35. The van der Waals surface area contributed by atoms with Crippen molar-refractivity contribution in [3.8, 4) is 33.9 Å². The molecule has 1 heterocycles. The maximum absolute atomic E-state index is 11.8. The summed E-state index contributed by atoms with van der Waals surface area (Å²) in [6.45, 7) is 1.85. The molecule has 1 N–H and O–H groups in total. The van der Waals surface area contributed by atoms with Crippen LogP contribution >= 0.6 is 0 Å². The molecule has 0 aliphatic heterocycles. The van der Waals surface area contributed by atoms with Gasteiger partial charge in [-0.3, -0.25) is 10.3 Å². The van der Waals surface area contributed by atoms with Crippen molar-refractivity contribution in [2.24, 2.45) is 0 Å². The number of rotatable bonds is 5. The van der Waals surface area contributed by atoms with Crippen LogP contribution in [-0.2, 0) is 4.74 Å². The van der Waals surface area contributed by atoms with Crippen molar-refractivity contribution < 1.29 is 19.0 Å². The Morgan fingerprint density at radius 2 is 1.39 bits per heavy atom. The van der Waals surface area contributed by atoms with Gasteiger partial charge in [0, 0.05) is 11.1 Å². The van der Waals surface area contributed by atoms with Gasteiger partial charge in [0.1, 0.15) is 11.5 Å². The van der Waals surface area contributed by atoms with E-state index in [0.29, 0.717) is 11.4 Å². The van der Waals surface area contributed by atoms with Crippen molar-refractivity contribution in [3.05, 3.63) is 60.3 Å². The summed E-state index contributed by atoms with van der Waals surface area (Å²) in [5, 5.41) is 2.78. The lowest BCUT2D eigenvalue weighted by Crippen LogP contribution is -2.13. The van der Waals surface area contributed by atoms with Gasteiger partial charge in [-0.2, -0.15) is 0 Å². The third-order valence-corrected chi connectivity index (χ3v) is 4.40. The van der Waals surface area contributed by atoms with E-state index >= 15 is 0 Å². The van der Waals surface area contributed by atoms with E-state index in [9.17, 15) is 4.79 Å². The summed E-state index contributed by atoms with van der Waals surface area (Å²) < 4.78 is 15.2. The smallest absolute Gasteiger partial charge is 0.411 e. The largest absolute Gasteiger partial charge is 0.497 e. The standard InChI is InChI=1S/C22H22N2O4/c1-14-21(24-22(25)28-4)19(15-5-9-17(26-2)10-6-15)13-20(23-14)16-7-11-18(27-3)12-8-16/h5-13H,1-4H3,(H,24,25). The van der Waals surface area contributed by atoms with E-state index in [-0.39, 0.29) is 0 Å². The number of aromatic nitrogens is 1. The van der Waals surface area contributed by atoms with Gasteiger partial charge in [0.25, 0.3) is 0 Å². The van der Waals surface area contributed by atoms with Crippen LogP contribution in [0, 0.1) is 6.92 Å². The normalized spacial score (nSPS) is 10.3. The molecule has 0 unspecified atom stereocenters. The molecule has 3 rings (SSSR count). The zero-order valence-corrected chi connectivity index (χ0v) is 16.3. The van der Waals surface area contributed by atoms with Crippen molar-refractivity contribution in [1.29, 1.82) is 0 Å². The first-order chi connectivity index (χ1) is 13.5. The van der Waals surface area contributed by atoms with Gasteiger partial charge in [0.15, 0.2) is 0 Å². The Balaban J connectivity index is 2.13. The van der Waals surface area contributed by atoms with Crippen LogP contribution in [-0.4, -0.2) is 32.4 Å². The van der Waals surface area contributed by atoms with Crippen molar-refractivity contribution in [3.63, 3.8) is 0 Å². The highest BCUT2D eigenvalue weighted by molar-refractivity contribution is 5.93. The highest BCUT2D eigenvalue weighted by Gasteiger charge is 2.15. The van der Waals surface area contributed by atoms with Crippen LogP contribution in [0.15, 0.2) is 54.6 Å². The lowest BCUT2D eigenvalue weighted by atomic mass is 10.00. The van der Waals surface area contributed by atoms with E-state index in [4.69, 9.17) is 14.2 Å². The number of carbonyl (C=O) groups is 1. The molecule has 144 valence electrons. The van der Waals surface area contributed by atoms with Crippen LogP contribution in [0.25, 0.3) is 22.4 Å². The molecule has 1 amide bonds. The Morgan fingerprint density at radius 3 is 1.89 bits per heavy atom. The van der Waals surface area contributed by atoms with Gasteiger partial charge in [-0.25, -0.2) is 4.79 Å². The van der Waals surface area contributed by atoms with Gasteiger partial charge in [0.05, 0.1) is 38.4 Å². The number of nitrogens with one attached hydrogen (secondary N) is 1. The molecule has 3 aromatic rings. The fourth-order valence-corrected chi connectivity index (χ4v) is 2.89. The van der Waals surface area contributed by atoms with Gasteiger partial charge < -0.3 is 14.2 Å². The number of benzene rings is 2. The number of amides is 1.